The molecule has 2 N–H and O–H groups in total. The zero-order valence-corrected chi connectivity index (χ0v) is 15.1. The fraction of sp³-hybridized carbons (Fsp3) is 0.222. The standard InChI is InChI=1S/C18H17IN2O3/c19-14-7-1-2-8-15(14)21-17(22)12-5-3-6-13(11-12)20-18(23)16-9-4-10-24-16/h1-3,5-8,11,16H,4,9-10H2,(H,20,23)(H,21,22). The maximum absolute atomic E-state index is 12.4. The molecule has 0 saturated carbocycles. The minimum Gasteiger partial charge on any atom is -0.368 e. The molecule has 1 unspecified atom stereocenters. The lowest BCUT2D eigenvalue weighted by atomic mass is 10.1. The predicted octanol–water partition coefficient (Wildman–Crippen LogP) is 3.66. The molecular weight excluding hydrogens is 419 g/mol. The van der Waals surface area contributed by atoms with E-state index in [0.29, 0.717) is 17.9 Å². The first-order chi connectivity index (χ1) is 11.6. The minimum atomic E-state index is -0.395. The summed E-state index contributed by atoms with van der Waals surface area (Å²) in [4.78, 5) is 24.5. The van der Waals surface area contributed by atoms with E-state index >= 15 is 0 Å². The van der Waals surface area contributed by atoms with E-state index in [1.54, 1.807) is 24.3 Å². The molecule has 6 heteroatoms. The Bertz CT molecular complexity index is 757. The van der Waals surface area contributed by atoms with Gasteiger partial charge in [0.2, 0.25) is 0 Å². The number of halogens is 1. The Hall–Kier alpha value is -1.93. The van der Waals surface area contributed by atoms with Gasteiger partial charge in [0.15, 0.2) is 0 Å². The van der Waals surface area contributed by atoms with Crippen molar-refractivity contribution in [3.05, 3.63) is 57.7 Å². The number of anilines is 2. The molecule has 2 aromatic carbocycles. The molecule has 2 aromatic rings. The lowest BCUT2D eigenvalue weighted by molar-refractivity contribution is -0.124. The number of nitrogens with one attached hydrogen (secondary N) is 2. The molecule has 1 heterocycles. The summed E-state index contributed by atoms with van der Waals surface area (Å²) >= 11 is 2.17. The Morgan fingerprint density at radius 3 is 2.67 bits per heavy atom. The molecule has 2 amide bonds. The fourth-order valence-corrected chi connectivity index (χ4v) is 3.02. The van der Waals surface area contributed by atoms with Crippen LogP contribution in [0.1, 0.15) is 23.2 Å². The fourth-order valence-electron chi connectivity index (χ4n) is 2.50. The van der Waals surface area contributed by atoms with E-state index in [1.807, 2.05) is 24.3 Å². The van der Waals surface area contributed by atoms with Gasteiger partial charge >= 0.3 is 0 Å². The van der Waals surface area contributed by atoms with Crippen LogP contribution in [0.4, 0.5) is 11.4 Å². The number of carbonyl (C=O) groups is 2. The van der Waals surface area contributed by atoms with Crippen molar-refractivity contribution in [2.24, 2.45) is 0 Å². The predicted molar refractivity (Wildman–Crippen MR) is 101 cm³/mol. The summed E-state index contributed by atoms with van der Waals surface area (Å²) in [7, 11) is 0. The number of hydrogen-bond donors (Lipinski definition) is 2. The van der Waals surface area contributed by atoms with Gasteiger partial charge in [0.1, 0.15) is 6.10 Å². The van der Waals surface area contributed by atoms with Crippen LogP contribution < -0.4 is 10.6 Å². The third-order valence-electron chi connectivity index (χ3n) is 3.74. The third-order valence-corrected chi connectivity index (χ3v) is 4.68. The van der Waals surface area contributed by atoms with Crippen LogP contribution in [-0.2, 0) is 9.53 Å². The summed E-state index contributed by atoms with van der Waals surface area (Å²) in [5, 5.41) is 5.69. The van der Waals surface area contributed by atoms with E-state index in [0.717, 1.165) is 22.1 Å². The van der Waals surface area contributed by atoms with Crippen molar-refractivity contribution >= 4 is 45.8 Å². The first-order valence-electron chi connectivity index (χ1n) is 7.72. The maximum Gasteiger partial charge on any atom is 0.255 e. The van der Waals surface area contributed by atoms with Gasteiger partial charge in [0.05, 0.1) is 5.69 Å². The molecule has 0 spiro atoms. The van der Waals surface area contributed by atoms with Crippen molar-refractivity contribution < 1.29 is 14.3 Å². The highest BCUT2D eigenvalue weighted by atomic mass is 127. The van der Waals surface area contributed by atoms with Crippen molar-refractivity contribution in [3.63, 3.8) is 0 Å². The Balaban J connectivity index is 1.69. The van der Waals surface area contributed by atoms with Crippen molar-refractivity contribution in [2.75, 3.05) is 17.2 Å². The van der Waals surface area contributed by atoms with Gasteiger partial charge in [-0.2, -0.15) is 0 Å². The molecule has 0 aromatic heterocycles. The summed E-state index contributed by atoms with van der Waals surface area (Å²) < 4.78 is 6.33. The molecule has 124 valence electrons. The van der Waals surface area contributed by atoms with Gasteiger partial charge < -0.3 is 15.4 Å². The van der Waals surface area contributed by atoms with Crippen molar-refractivity contribution in [2.45, 2.75) is 18.9 Å². The summed E-state index contributed by atoms with van der Waals surface area (Å²) in [6, 6.07) is 14.4. The average Bonchev–Trinajstić information content (AvgIpc) is 3.12. The first-order valence-corrected chi connectivity index (χ1v) is 8.80. The number of carbonyl (C=O) groups excluding carboxylic acids is 2. The monoisotopic (exact) mass is 436 g/mol. The van der Waals surface area contributed by atoms with Crippen molar-refractivity contribution in [1.82, 2.24) is 0 Å². The number of para-hydroxylation sites is 1. The lowest BCUT2D eigenvalue weighted by Gasteiger charge is -2.12. The smallest absolute Gasteiger partial charge is 0.255 e. The van der Waals surface area contributed by atoms with Crippen LogP contribution in [0.3, 0.4) is 0 Å². The van der Waals surface area contributed by atoms with Crippen LogP contribution in [0.25, 0.3) is 0 Å². The SMILES string of the molecule is O=C(Nc1ccccc1I)c1cccc(NC(=O)C2CCCO2)c1. The molecule has 1 atom stereocenters. The van der Waals surface area contributed by atoms with E-state index in [-0.39, 0.29) is 11.8 Å². The zero-order valence-electron chi connectivity index (χ0n) is 12.9. The highest BCUT2D eigenvalue weighted by Crippen LogP contribution is 2.20. The summed E-state index contributed by atoms with van der Waals surface area (Å²) in [5.74, 6) is -0.380. The van der Waals surface area contributed by atoms with Crippen molar-refractivity contribution in [3.8, 4) is 0 Å². The van der Waals surface area contributed by atoms with Gasteiger partial charge in [0, 0.05) is 21.4 Å². The largest absolute Gasteiger partial charge is 0.368 e. The summed E-state index contributed by atoms with van der Waals surface area (Å²) in [6.45, 7) is 0.621. The van der Waals surface area contributed by atoms with E-state index in [1.165, 1.54) is 0 Å². The van der Waals surface area contributed by atoms with Gasteiger partial charge in [0.25, 0.3) is 11.8 Å². The number of ether oxygens (including phenoxy) is 1. The molecule has 0 aliphatic carbocycles. The van der Waals surface area contributed by atoms with E-state index in [9.17, 15) is 9.59 Å². The molecule has 1 saturated heterocycles. The second-order valence-corrected chi connectivity index (χ2v) is 6.67. The van der Waals surface area contributed by atoms with Crippen LogP contribution in [0, 0.1) is 3.57 Å². The molecular formula is C18H17IN2O3. The molecule has 5 nitrogen and oxygen atoms in total. The number of rotatable bonds is 4. The highest BCUT2D eigenvalue weighted by Gasteiger charge is 2.23. The van der Waals surface area contributed by atoms with Gasteiger partial charge in [-0.05, 0) is 65.8 Å². The first kappa shape index (κ1) is 16.9. The minimum absolute atomic E-state index is 0.164. The quantitative estimate of drug-likeness (QED) is 0.720. The van der Waals surface area contributed by atoms with Gasteiger partial charge in [-0.1, -0.05) is 18.2 Å². The van der Waals surface area contributed by atoms with Crippen LogP contribution >= 0.6 is 22.6 Å². The molecule has 3 rings (SSSR count). The third kappa shape index (κ3) is 4.12. The number of benzene rings is 2. The summed E-state index contributed by atoms with van der Waals surface area (Å²) in [6.07, 6.45) is 1.24. The topological polar surface area (TPSA) is 67.4 Å². The lowest BCUT2D eigenvalue weighted by Crippen LogP contribution is -2.27. The molecule has 1 aliphatic rings. The van der Waals surface area contributed by atoms with Gasteiger partial charge in [-0.25, -0.2) is 0 Å². The van der Waals surface area contributed by atoms with Crippen LogP contribution in [0.5, 0.6) is 0 Å². The van der Waals surface area contributed by atoms with Gasteiger partial charge in [-0.15, -0.1) is 0 Å². The molecule has 1 aliphatic heterocycles. The Morgan fingerprint density at radius 1 is 1.08 bits per heavy atom. The van der Waals surface area contributed by atoms with E-state index in [2.05, 4.69) is 33.2 Å². The van der Waals surface area contributed by atoms with E-state index in [4.69, 9.17) is 4.74 Å². The Morgan fingerprint density at radius 2 is 1.92 bits per heavy atom. The van der Waals surface area contributed by atoms with Crippen LogP contribution in [-0.4, -0.2) is 24.5 Å². The van der Waals surface area contributed by atoms with Crippen LogP contribution in [0.15, 0.2) is 48.5 Å². The zero-order chi connectivity index (χ0) is 16.9. The molecule has 0 radical (unpaired) electrons. The normalized spacial score (nSPS) is 16.6. The molecule has 0 bridgehead atoms. The Kier molecular flexibility index (Phi) is 5.47. The average molecular weight is 436 g/mol. The Labute approximate surface area is 153 Å². The van der Waals surface area contributed by atoms with Crippen LogP contribution in [0.2, 0.25) is 0 Å². The highest BCUT2D eigenvalue weighted by molar-refractivity contribution is 14.1. The number of amides is 2. The maximum atomic E-state index is 12.4. The van der Waals surface area contributed by atoms with Crippen molar-refractivity contribution in [1.29, 1.82) is 0 Å². The second kappa shape index (κ2) is 7.76. The molecule has 24 heavy (non-hydrogen) atoms. The second-order valence-electron chi connectivity index (χ2n) is 5.51. The van der Waals surface area contributed by atoms with Gasteiger partial charge in [-0.3, -0.25) is 9.59 Å². The molecule has 1 fully saturated rings. The summed E-state index contributed by atoms with van der Waals surface area (Å²) in [5.41, 5.74) is 1.84. The van der Waals surface area contributed by atoms with E-state index < -0.39 is 6.10 Å². The number of hydrogen-bond acceptors (Lipinski definition) is 3.